The molecule has 0 fully saturated rings. The Morgan fingerprint density at radius 1 is 1.26 bits per heavy atom. The van der Waals surface area contributed by atoms with Crippen LogP contribution in [0.15, 0.2) is 23.6 Å². The molecule has 0 radical (unpaired) electrons. The zero-order valence-electron chi connectivity index (χ0n) is 10.9. The fraction of sp³-hybridized carbons (Fsp3) is 0.286. The first-order valence-electron chi connectivity index (χ1n) is 5.72. The van der Waals surface area contributed by atoms with Crippen molar-refractivity contribution >= 4 is 22.9 Å². The molecule has 0 aliphatic carbocycles. The van der Waals surface area contributed by atoms with Gasteiger partial charge in [0.1, 0.15) is 6.10 Å². The van der Waals surface area contributed by atoms with E-state index in [-0.39, 0.29) is 0 Å². The molecule has 1 aromatic carbocycles. The first-order valence-corrected chi connectivity index (χ1v) is 6.97. The fourth-order valence-electron chi connectivity index (χ4n) is 1.95. The van der Waals surface area contributed by atoms with Crippen LogP contribution < -0.4 is 9.47 Å². The lowest BCUT2D eigenvalue weighted by atomic mass is 10.0. The summed E-state index contributed by atoms with van der Waals surface area (Å²) in [7, 11) is 3.07. The van der Waals surface area contributed by atoms with Crippen LogP contribution in [0.2, 0.25) is 5.02 Å². The number of benzene rings is 1. The molecule has 5 heteroatoms. The Morgan fingerprint density at radius 2 is 2.00 bits per heavy atom. The van der Waals surface area contributed by atoms with Crippen LogP contribution in [0.4, 0.5) is 0 Å². The normalized spacial score (nSPS) is 12.3. The van der Waals surface area contributed by atoms with Crippen LogP contribution in [0.1, 0.15) is 22.1 Å². The molecule has 3 nitrogen and oxygen atoms in total. The molecule has 1 N–H and O–H groups in total. The Hall–Kier alpha value is -1.23. The van der Waals surface area contributed by atoms with Gasteiger partial charge in [-0.25, -0.2) is 0 Å². The molecular weight excluding hydrogens is 284 g/mol. The minimum atomic E-state index is -0.719. The Labute approximate surface area is 121 Å². The molecule has 1 aromatic heterocycles. The molecule has 0 saturated heterocycles. The van der Waals surface area contributed by atoms with E-state index < -0.39 is 6.10 Å². The molecule has 0 aliphatic heterocycles. The Kier molecular flexibility index (Phi) is 4.34. The number of hydrogen-bond acceptors (Lipinski definition) is 4. The number of ether oxygens (including phenoxy) is 2. The predicted octanol–water partition coefficient (Wildman–Crippen LogP) is 3.81. The smallest absolute Gasteiger partial charge is 0.179 e. The summed E-state index contributed by atoms with van der Waals surface area (Å²) >= 11 is 7.75. The van der Waals surface area contributed by atoms with Crippen molar-refractivity contribution in [1.82, 2.24) is 0 Å². The van der Waals surface area contributed by atoms with E-state index in [4.69, 9.17) is 21.1 Å². The summed E-state index contributed by atoms with van der Waals surface area (Å²) in [6.07, 6.45) is -0.719. The van der Waals surface area contributed by atoms with Gasteiger partial charge in [-0.2, -0.15) is 0 Å². The molecule has 1 unspecified atom stereocenters. The molecule has 2 aromatic rings. The maximum atomic E-state index is 10.4. The van der Waals surface area contributed by atoms with Crippen molar-refractivity contribution in [3.63, 3.8) is 0 Å². The summed E-state index contributed by atoms with van der Waals surface area (Å²) in [6, 6.07) is 5.35. The largest absolute Gasteiger partial charge is 0.493 e. The van der Waals surface area contributed by atoms with E-state index in [1.807, 2.05) is 18.4 Å². The summed E-state index contributed by atoms with van der Waals surface area (Å²) in [4.78, 5) is 1.08. The van der Waals surface area contributed by atoms with Gasteiger partial charge in [0.2, 0.25) is 0 Å². The molecule has 0 aliphatic rings. The van der Waals surface area contributed by atoms with Gasteiger partial charge in [0.15, 0.2) is 11.5 Å². The highest BCUT2D eigenvalue weighted by atomic mass is 35.5. The average molecular weight is 299 g/mol. The summed E-state index contributed by atoms with van der Waals surface area (Å²) in [5, 5.41) is 12.8. The van der Waals surface area contributed by atoms with Crippen LogP contribution in [0, 0.1) is 6.92 Å². The fourth-order valence-corrected chi connectivity index (χ4v) is 2.98. The third-order valence-corrected chi connectivity index (χ3v) is 4.11. The minimum absolute atomic E-state index is 0.420. The molecule has 102 valence electrons. The monoisotopic (exact) mass is 298 g/mol. The summed E-state index contributed by atoms with van der Waals surface area (Å²) in [5.74, 6) is 0.985. The molecule has 0 saturated carbocycles. The Bertz CT molecular complexity index is 580. The van der Waals surface area contributed by atoms with Gasteiger partial charge in [-0.15, -0.1) is 11.3 Å². The van der Waals surface area contributed by atoms with E-state index in [9.17, 15) is 5.11 Å². The van der Waals surface area contributed by atoms with Gasteiger partial charge >= 0.3 is 0 Å². The highest BCUT2D eigenvalue weighted by Gasteiger charge is 2.18. The van der Waals surface area contributed by atoms with E-state index in [1.54, 1.807) is 30.6 Å². The van der Waals surface area contributed by atoms with Crippen molar-refractivity contribution in [3.8, 4) is 11.5 Å². The van der Waals surface area contributed by atoms with Crippen molar-refractivity contribution in [2.24, 2.45) is 0 Å². The predicted molar refractivity (Wildman–Crippen MR) is 77.7 cm³/mol. The lowest BCUT2D eigenvalue weighted by molar-refractivity contribution is 0.219. The molecule has 19 heavy (non-hydrogen) atoms. The highest BCUT2D eigenvalue weighted by molar-refractivity contribution is 7.10. The summed E-state index contributed by atoms with van der Waals surface area (Å²) < 4.78 is 10.4. The summed E-state index contributed by atoms with van der Waals surface area (Å²) in [5.41, 5.74) is 1.57. The Balaban J connectivity index is 2.46. The lowest BCUT2D eigenvalue weighted by Crippen LogP contribution is -2.01. The molecule has 0 bridgehead atoms. The number of methoxy groups -OCH3 is 2. The van der Waals surface area contributed by atoms with E-state index >= 15 is 0 Å². The van der Waals surface area contributed by atoms with E-state index in [0.29, 0.717) is 22.1 Å². The van der Waals surface area contributed by atoms with Crippen LogP contribution in [0.5, 0.6) is 11.5 Å². The number of aliphatic hydroxyl groups excluding tert-OH is 1. The molecular formula is C14H15ClO3S. The highest BCUT2D eigenvalue weighted by Crippen LogP contribution is 2.39. The first kappa shape index (κ1) is 14.2. The first-order chi connectivity index (χ1) is 9.08. The van der Waals surface area contributed by atoms with E-state index in [1.165, 1.54) is 7.11 Å². The second-order valence-corrected chi connectivity index (χ2v) is 5.60. The Morgan fingerprint density at radius 3 is 2.53 bits per heavy atom. The molecule has 0 amide bonds. The summed E-state index contributed by atoms with van der Waals surface area (Å²) in [6.45, 7) is 1.98. The number of hydrogen-bond donors (Lipinski definition) is 1. The van der Waals surface area contributed by atoms with Crippen LogP contribution >= 0.6 is 22.9 Å². The molecule has 2 rings (SSSR count). The standard InChI is InChI=1S/C14H15ClO3S/c1-8-10(4-5-19-8)13(16)9-6-11(15)14(18-3)12(7-9)17-2/h4-7,13,16H,1-3H3. The number of thiophene rings is 1. The quantitative estimate of drug-likeness (QED) is 0.933. The topological polar surface area (TPSA) is 38.7 Å². The van der Waals surface area contributed by atoms with Gasteiger partial charge in [0, 0.05) is 4.88 Å². The van der Waals surface area contributed by atoms with Gasteiger partial charge in [-0.1, -0.05) is 11.6 Å². The SMILES string of the molecule is COc1cc(C(O)c2ccsc2C)cc(Cl)c1OC. The van der Waals surface area contributed by atoms with E-state index in [2.05, 4.69) is 0 Å². The number of aryl methyl sites for hydroxylation is 1. The number of rotatable bonds is 4. The van der Waals surface area contributed by atoms with Gasteiger partial charge < -0.3 is 14.6 Å². The zero-order valence-corrected chi connectivity index (χ0v) is 12.5. The zero-order chi connectivity index (χ0) is 14.0. The maximum absolute atomic E-state index is 10.4. The number of halogens is 1. The maximum Gasteiger partial charge on any atom is 0.179 e. The second kappa shape index (κ2) is 5.82. The van der Waals surface area contributed by atoms with Crippen LogP contribution in [0.25, 0.3) is 0 Å². The van der Waals surface area contributed by atoms with Crippen LogP contribution in [-0.4, -0.2) is 19.3 Å². The third kappa shape index (κ3) is 2.71. The van der Waals surface area contributed by atoms with Crippen molar-refractivity contribution in [3.05, 3.63) is 44.6 Å². The van der Waals surface area contributed by atoms with Gasteiger partial charge in [0.25, 0.3) is 0 Å². The van der Waals surface area contributed by atoms with Gasteiger partial charge in [-0.3, -0.25) is 0 Å². The van der Waals surface area contributed by atoms with Crippen molar-refractivity contribution in [2.45, 2.75) is 13.0 Å². The second-order valence-electron chi connectivity index (χ2n) is 4.07. The van der Waals surface area contributed by atoms with Crippen molar-refractivity contribution < 1.29 is 14.6 Å². The molecule has 0 spiro atoms. The molecule has 1 atom stereocenters. The van der Waals surface area contributed by atoms with E-state index in [0.717, 1.165) is 10.4 Å². The molecule has 1 heterocycles. The van der Waals surface area contributed by atoms with Gasteiger partial charge in [0.05, 0.1) is 19.2 Å². The van der Waals surface area contributed by atoms with Crippen LogP contribution in [0.3, 0.4) is 0 Å². The third-order valence-electron chi connectivity index (χ3n) is 2.97. The van der Waals surface area contributed by atoms with Gasteiger partial charge in [-0.05, 0) is 41.6 Å². The lowest BCUT2D eigenvalue weighted by Gasteiger charge is -2.15. The average Bonchev–Trinajstić information content (AvgIpc) is 2.83. The van der Waals surface area contributed by atoms with Crippen LogP contribution in [-0.2, 0) is 0 Å². The van der Waals surface area contributed by atoms with Crippen molar-refractivity contribution in [1.29, 1.82) is 0 Å². The minimum Gasteiger partial charge on any atom is -0.493 e. The number of aliphatic hydroxyl groups is 1. The van der Waals surface area contributed by atoms with Crippen molar-refractivity contribution in [2.75, 3.05) is 14.2 Å².